The fourth-order valence-corrected chi connectivity index (χ4v) is 1.97. The zero-order chi connectivity index (χ0) is 14.6. The third kappa shape index (κ3) is 6.94. The summed E-state index contributed by atoms with van der Waals surface area (Å²) in [6, 6.07) is 0. The Hall–Kier alpha value is -1.03. The topological polar surface area (TPSA) is 47.0 Å². The Morgan fingerprint density at radius 3 is 2.60 bits per heavy atom. The van der Waals surface area contributed by atoms with Gasteiger partial charge in [-0.25, -0.2) is 4.98 Å². The van der Waals surface area contributed by atoms with Crippen LogP contribution in [0, 0.1) is 0 Å². The molecule has 0 aliphatic heterocycles. The lowest BCUT2D eigenvalue weighted by Gasteiger charge is -2.09. The Kier molecular flexibility index (Phi) is 9.13. The van der Waals surface area contributed by atoms with Crippen molar-refractivity contribution in [2.45, 2.75) is 58.8 Å². The van der Waals surface area contributed by atoms with Gasteiger partial charge in [-0.15, -0.1) is 0 Å². The molecule has 1 rings (SSSR count). The molecule has 4 nitrogen and oxygen atoms in total. The zero-order valence-corrected chi connectivity index (χ0v) is 13.4. The molecular weight excluding hydrogens is 274 g/mol. The average Bonchev–Trinajstić information content (AvgIpc) is 2.46. The van der Waals surface area contributed by atoms with E-state index in [4.69, 9.17) is 16.3 Å². The van der Waals surface area contributed by atoms with E-state index in [1.54, 1.807) is 6.20 Å². The molecule has 0 spiro atoms. The van der Waals surface area contributed by atoms with Crippen LogP contribution in [0.25, 0.3) is 0 Å². The smallest absolute Gasteiger partial charge is 0.237 e. The lowest BCUT2D eigenvalue weighted by atomic mass is 10.1. The van der Waals surface area contributed by atoms with E-state index in [1.165, 1.54) is 32.1 Å². The zero-order valence-electron chi connectivity index (χ0n) is 12.6. The van der Waals surface area contributed by atoms with Gasteiger partial charge in [0.1, 0.15) is 5.02 Å². The molecule has 1 aromatic heterocycles. The molecule has 0 bridgehead atoms. The van der Waals surface area contributed by atoms with Crippen molar-refractivity contribution < 1.29 is 4.74 Å². The van der Waals surface area contributed by atoms with Gasteiger partial charge in [-0.3, -0.25) is 0 Å². The second kappa shape index (κ2) is 10.7. The fraction of sp³-hybridized carbons (Fsp3) is 0.733. The van der Waals surface area contributed by atoms with Gasteiger partial charge in [0.25, 0.3) is 0 Å². The van der Waals surface area contributed by atoms with Crippen molar-refractivity contribution in [1.29, 1.82) is 0 Å². The normalized spacial score (nSPS) is 10.6. The van der Waals surface area contributed by atoms with E-state index in [0.29, 0.717) is 23.5 Å². The number of hydrogen-bond acceptors (Lipinski definition) is 4. The summed E-state index contributed by atoms with van der Waals surface area (Å²) in [6.07, 6.45) is 10.0. The summed E-state index contributed by atoms with van der Waals surface area (Å²) in [5, 5.41) is 3.60. The van der Waals surface area contributed by atoms with Crippen molar-refractivity contribution in [3.05, 3.63) is 11.2 Å². The average molecular weight is 300 g/mol. The molecule has 1 N–H and O–H groups in total. The second-order valence-electron chi connectivity index (χ2n) is 4.89. The maximum Gasteiger partial charge on any atom is 0.237 e. The number of rotatable bonds is 11. The van der Waals surface area contributed by atoms with E-state index in [-0.39, 0.29) is 0 Å². The van der Waals surface area contributed by atoms with Crippen LogP contribution in [0.1, 0.15) is 58.8 Å². The molecule has 1 heterocycles. The first-order chi connectivity index (χ1) is 9.77. The van der Waals surface area contributed by atoms with E-state index in [1.807, 2.05) is 0 Å². The number of ether oxygens (including phenoxy) is 1. The Bertz CT molecular complexity index is 374. The Morgan fingerprint density at radius 2 is 1.85 bits per heavy atom. The summed E-state index contributed by atoms with van der Waals surface area (Å²) >= 11 is 6.03. The SMILES string of the molecule is CCCCCCCCOc1nc(NCCC)ncc1Cl. The van der Waals surface area contributed by atoms with Gasteiger partial charge < -0.3 is 10.1 Å². The summed E-state index contributed by atoms with van der Waals surface area (Å²) in [4.78, 5) is 8.40. The fourth-order valence-electron chi connectivity index (χ4n) is 1.83. The minimum atomic E-state index is 0.470. The van der Waals surface area contributed by atoms with Crippen molar-refractivity contribution in [3.8, 4) is 5.88 Å². The monoisotopic (exact) mass is 299 g/mol. The van der Waals surface area contributed by atoms with E-state index in [0.717, 1.165) is 19.4 Å². The van der Waals surface area contributed by atoms with E-state index < -0.39 is 0 Å². The standard InChI is InChI=1S/C15H26ClN3O/c1-3-5-6-7-8-9-11-20-14-13(16)12-18-15(19-14)17-10-4-2/h12H,3-11H2,1-2H3,(H,17,18,19). The molecule has 0 aliphatic rings. The molecule has 114 valence electrons. The highest BCUT2D eigenvalue weighted by Gasteiger charge is 2.06. The summed E-state index contributed by atoms with van der Waals surface area (Å²) in [6.45, 7) is 5.83. The summed E-state index contributed by atoms with van der Waals surface area (Å²) in [5.41, 5.74) is 0. The largest absolute Gasteiger partial charge is 0.476 e. The van der Waals surface area contributed by atoms with Crippen LogP contribution in [0.4, 0.5) is 5.95 Å². The maximum atomic E-state index is 6.03. The number of halogens is 1. The van der Waals surface area contributed by atoms with E-state index in [9.17, 15) is 0 Å². The van der Waals surface area contributed by atoms with Gasteiger partial charge in [-0.2, -0.15) is 4.98 Å². The first-order valence-electron chi connectivity index (χ1n) is 7.67. The van der Waals surface area contributed by atoms with Crippen molar-refractivity contribution >= 4 is 17.5 Å². The highest BCUT2D eigenvalue weighted by atomic mass is 35.5. The second-order valence-corrected chi connectivity index (χ2v) is 5.30. The van der Waals surface area contributed by atoms with Gasteiger partial charge in [-0.05, 0) is 12.8 Å². The lowest BCUT2D eigenvalue weighted by Crippen LogP contribution is -2.06. The van der Waals surface area contributed by atoms with Gasteiger partial charge in [0.2, 0.25) is 11.8 Å². The molecule has 0 unspecified atom stereocenters. The molecule has 1 aromatic rings. The quantitative estimate of drug-likeness (QED) is 0.602. The van der Waals surface area contributed by atoms with Crippen LogP contribution in [0.3, 0.4) is 0 Å². The number of nitrogens with one attached hydrogen (secondary N) is 1. The molecule has 0 aliphatic carbocycles. The van der Waals surface area contributed by atoms with Gasteiger partial charge in [0, 0.05) is 6.54 Å². The molecule has 0 saturated carbocycles. The first kappa shape index (κ1) is 17.0. The molecule has 20 heavy (non-hydrogen) atoms. The molecule has 5 heteroatoms. The maximum absolute atomic E-state index is 6.03. The van der Waals surface area contributed by atoms with Crippen LogP contribution >= 0.6 is 11.6 Å². The molecule has 0 aromatic carbocycles. The van der Waals surface area contributed by atoms with Crippen LogP contribution in [0.15, 0.2) is 6.20 Å². The predicted octanol–water partition coefficient (Wildman–Crippen LogP) is 4.69. The van der Waals surface area contributed by atoms with Gasteiger partial charge in [0.05, 0.1) is 12.8 Å². The minimum absolute atomic E-state index is 0.470. The van der Waals surface area contributed by atoms with E-state index >= 15 is 0 Å². The third-order valence-corrected chi connectivity index (χ3v) is 3.24. The third-order valence-electron chi connectivity index (χ3n) is 2.98. The van der Waals surface area contributed by atoms with Crippen LogP contribution in [0.5, 0.6) is 5.88 Å². The first-order valence-corrected chi connectivity index (χ1v) is 8.05. The Morgan fingerprint density at radius 1 is 1.10 bits per heavy atom. The van der Waals surface area contributed by atoms with Gasteiger partial charge >= 0.3 is 0 Å². The molecule has 0 radical (unpaired) electrons. The molecule has 0 saturated heterocycles. The van der Waals surface area contributed by atoms with Crippen molar-refractivity contribution in [2.24, 2.45) is 0 Å². The summed E-state index contributed by atoms with van der Waals surface area (Å²) in [7, 11) is 0. The summed E-state index contributed by atoms with van der Waals surface area (Å²) in [5.74, 6) is 1.06. The number of hydrogen-bond donors (Lipinski definition) is 1. The number of aromatic nitrogens is 2. The number of anilines is 1. The molecule has 0 fully saturated rings. The van der Waals surface area contributed by atoms with Crippen LogP contribution < -0.4 is 10.1 Å². The van der Waals surface area contributed by atoms with Crippen molar-refractivity contribution in [3.63, 3.8) is 0 Å². The van der Waals surface area contributed by atoms with Gasteiger partial charge in [-0.1, -0.05) is 57.6 Å². The van der Waals surface area contributed by atoms with Crippen LogP contribution in [-0.4, -0.2) is 23.1 Å². The van der Waals surface area contributed by atoms with E-state index in [2.05, 4.69) is 29.1 Å². The molecule has 0 atom stereocenters. The lowest BCUT2D eigenvalue weighted by molar-refractivity contribution is 0.293. The molecule has 0 amide bonds. The van der Waals surface area contributed by atoms with Crippen LogP contribution in [-0.2, 0) is 0 Å². The highest BCUT2D eigenvalue weighted by Crippen LogP contribution is 2.22. The number of nitrogens with zero attached hydrogens (tertiary/aromatic N) is 2. The summed E-state index contributed by atoms with van der Waals surface area (Å²) < 4.78 is 5.64. The van der Waals surface area contributed by atoms with Crippen LogP contribution in [0.2, 0.25) is 5.02 Å². The minimum Gasteiger partial charge on any atom is -0.476 e. The van der Waals surface area contributed by atoms with Crippen molar-refractivity contribution in [1.82, 2.24) is 9.97 Å². The Balaban J connectivity index is 2.27. The Labute approximate surface area is 127 Å². The van der Waals surface area contributed by atoms with Gasteiger partial charge in [0.15, 0.2) is 0 Å². The predicted molar refractivity (Wildman–Crippen MR) is 84.7 cm³/mol. The molecular formula is C15H26ClN3O. The van der Waals surface area contributed by atoms with Crippen molar-refractivity contribution in [2.75, 3.05) is 18.5 Å². The highest BCUT2D eigenvalue weighted by molar-refractivity contribution is 6.31. The number of unbranched alkanes of at least 4 members (excludes halogenated alkanes) is 5.